The summed E-state index contributed by atoms with van der Waals surface area (Å²) in [5, 5.41) is 13.9. The first-order valence-electron chi connectivity index (χ1n) is 5.92. The summed E-state index contributed by atoms with van der Waals surface area (Å²) in [4.78, 5) is 0. The normalized spacial score (nSPS) is 23.4. The molecule has 2 nitrogen and oxygen atoms in total. The average Bonchev–Trinajstić information content (AvgIpc) is 2.36. The second kappa shape index (κ2) is 6.02. The van der Waals surface area contributed by atoms with E-state index in [-0.39, 0.29) is 12.0 Å². The monoisotopic (exact) mass is 302 g/mol. The number of nitrogens with zero attached hydrogens (tertiary/aromatic N) is 1. The first-order valence-corrected chi connectivity index (χ1v) is 7.06. The lowest BCUT2D eigenvalue weighted by Gasteiger charge is -2.28. The van der Waals surface area contributed by atoms with Crippen LogP contribution in [-0.2, 0) is 0 Å². The molecule has 0 aliphatic heterocycles. The van der Waals surface area contributed by atoms with Crippen molar-refractivity contribution in [1.29, 1.82) is 5.26 Å². The fourth-order valence-electron chi connectivity index (χ4n) is 2.29. The number of benzene rings is 1. The van der Waals surface area contributed by atoms with E-state index in [9.17, 15) is 0 Å². The molecule has 1 aromatic rings. The minimum atomic E-state index is 0.0317. The number of hydrogen-bond acceptors (Lipinski definition) is 2. The molecule has 1 aliphatic rings. The molecule has 96 valence electrons. The average molecular weight is 304 g/mol. The smallest absolute Gasteiger partial charge is 0.0677 e. The van der Waals surface area contributed by atoms with E-state index in [4.69, 9.17) is 40.1 Å². The Kier molecular flexibility index (Phi) is 4.61. The summed E-state index contributed by atoms with van der Waals surface area (Å²) in [7, 11) is 0. The number of rotatable bonds is 2. The Labute approximate surface area is 122 Å². The molecule has 0 saturated heterocycles. The van der Waals surface area contributed by atoms with E-state index in [1.54, 1.807) is 12.1 Å². The Hall–Kier alpha value is -0.620. The third-order valence-electron chi connectivity index (χ3n) is 3.28. The second-order valence-electron chi connectivity index (χ2n) is 4.52. The molecule has 2 rings (SSSR count). The van der Waals surface area contributed by atoms with Crippen LogP contribution in [0.5, 0.6) is 0 Å². The van der Waals surface area contributed by atoms with Gasteiger partial charge in [0.2, 0.25) is 0 Å². The standard InChI is InChI=1S/C13H13Cl3N2/c14-9-5-11(16)13(6-10(9)15)18-12-4-2-1-3-8(12)7-17/h5-6,8,12,18H,1-4H2. The number of anilines is 1. The van der Waals surface area contributed by atoms with E-state index in [0.717, 1.165) is 31.4 Å². The van der Waals surface area contributed by atoms with Crippen LogP contribution in [0.1, 0.15) is 25.7 Å². The minimum absolute atomic E-state index is 0.0317. The number of halogens is 3. The van der Waals surface area contributed by atoms with E-state index in [1.165, 1.54) is 0 Å². The van der Waals surface area contributed by atoms with Crippen molar-refractivity contribution >= 4 is 40.5 Å². The van der Waals surface area contributed by atoms with Crippen LogP contribution in [0.3, 0.4) is 0 Å². The Bertz CT molecular complexity index is 482. The van der Waals surface area contributed by atoms with Crippen molar-refractivity contribution in [3.8, 4) is 6.07 Å². The zero-order chi connectivity index (χ0) is 13.1. The van der Waals surface area contributed by atoms with E-state index >= 15 is 0 Å². The van der Waals surface area contributed by atoms with Crippen molar-refractivity contribution in [2.75, 3.05) is 5.32 Å². The molecule has 1 fully saturated rings. The van der Waals surface area contributed by atoms with Crippen LogP contribution in [-0.4, -0.2) is 6.04 Å². The minimum Gasteiger partial charge on any atom is -0.380 e. The number of hydrogen-bond donors (Lipinski definition) is 1. The summed E-state index contributed by atoms with van der Waals surface area (Å²) in [6.07, 6.45) is 4.17. The third kappa shape index (κ3) is 3.03. The van der Waals surface area contributed by atoms with Gasteiger partial charge in [0, 0.05) is 6.04 Å². The molecule has 1 aromatic carbocycles. The predicted octanol–water partition coefficient (Wildman–Crippen LogP) is 5.14. The van der Waals surface area contributed by atoms with Crippen LogP contribution in [0.2, 0.25) is 15.1 Å². The van der Waals surface area contributed by atoms with Gasteiger partial charge < -0.3 is 5.32 Å². The van der Waals surface area contributed by atoms with Crippen LogP contribution in [0, 0.1) is 17.2 Å². The quantitative estimate of drug-likeness (QED) is 0.768. The lowest BCUT2D eigenvalue weighted by molar-refractivity contribution is 0.389. The highest BCUT2D eigenvalue weighted by Crippen LogP contribution is 2.35. The predicted molar refractivity (Wildman–Crippen MR) is 76.5 cm³/mol. The maximum Gasteiger partial charge on any atom is 0.0677 e. The van der Waals surface area contributed by atoms with Crippen LogP contribution in [0.4, 0.5) is 5.69 Å². The van der Waals surface area contributed by atoms with Gasteiger partial charge in [-0.1, -0.05) is 47.6 Å². The highest BCUT2D eigenvalue weighted by molar-refractivity contribution is 6.44. The van der Waals surface area contributed by atoms with E-state index in [2.05, 4.69) is 11.4 Å². The first kappa shape index (κ1) is 13.8. The summed E-state index contributed by atoms with van der Waals surface area (Å²) in [5.74, 6) is 0.0317. The molecule has 0 aromatic heterocycles. The van der Waals surface area contributed by atoms with Gasteiger partial charge >= 0.3 is 0 Å². The molecule has 0 amide bonds. The van der Waals surface area contributed by atoms with Crippen LogP contribution in [0.15, 0.2) is 12.1 Å². The zero-order valence-corrected chi connectivity index (χ0v) is 12.0. The third-order valence-corrected chi connectivity index (χ3v) is 4.32. The highest BCUT2D eigenvalue weighted by Gasteiger charge is 2.25. The summed E-state index contributed by atoms with van der Waals surface area (Å²) < 4.78 is 0. The lowest BCUT2D eigenvalue weighted by atomic mass is 9.85. The highest BCUT2D eigenvalue weighted by atomic mass is 35.5. The Morgan fingerprint density at radius 2 is 1.72 bits per heavy atom. The van der Waals surface area contributed by atoms with Crippen molar-refractivity contribution in [3.05, 3.63) is 27.2 Å². The van der Waals surface area contributed by atoms with Crippen molar-refractivity contribution in [1.82, 2.24) is 0 Å². The fourth-order valence-corrected chi connectivity index (χ4v) is 2.89. The van der Waals surface area contributed by atoms with Gasteiger partial charge in [-0.2, -0.15) is 5.26 Å². The molecular formula is C13H13Cl3N2. The molecule has 5 heteroatoms. The van der Waals surface area contributed by atoms with E-state index in [0.29, 0.717) is 15.1 Å². The van der Waals surface area contributed by atoms with E-state index in [1.807, 2.05) is 0 Å². The van der Waals surface area contributed by atoms with Crippen molar-refractivity contribution in [2.24, 2.45) is 5.92 Å². The van der Waals surface area contributed by atoms with Crippen molar-refractivity contribution in [3.63, 3.8) is 0 Å². The van der Waals surface area contributed by atoms with Crippen LogP contribution < -0.4 is 5.32 Å². The Morgan fingerprint density at radius 1 is 1.06 bits per heavy atom. The van der Waals surface area contributed by atoms with Gasteiger partial charge in [-0.05, 0) is 25.0 Å². The molecule has 2 atom stereocenters. The molecule has 0 bridgehead atoms. The fraction of sp³-hybridized carbons (Fsp3) is 0.462. The lowest BCUT2D eigenvalue weighted by Crippen LogP contribution is -2.31. The zero-order valence-electron chi connectivity index (χ0n) is 9.72. The maximum atomic E-state index is 9.14. The molecule has 0 heterocycles. The SMILES string of the molecule is N#CC1CCCCC1Nc1cc(Cl)c(Cl)cc1Cl. The second-order valence-corrected chi connectivity index (χ2v) is 5.74. The van der Waals surface area contributed by atoms with Crippen LogP contribution in [0.25, 0.3) is 0 Å². The maximum absolute atomic E-state index is 9.14. The van der Waals surface area contributed by atoms with Crippen molar-refractivity contribution < 1.29 is 0 Å². The van der Waals surface area contributed by atoms with Gasteiger partial charge in [0.1, 0.15) is 0 Å². The summed E-state index contributed by atoms with van der Waals surface area (Å²) >= 11 is 18.0. The molecule has 1 saturated carbocycles. The number of nitriles is 1. The summed E-state index contributed by atoms with van der Waals surface area (Å²) in [6, 6.07) is 5.83. The van der Waals surface area contributed by atoms with Crippen LogP contribution >= 0.6 is 34.8 Å². The Morgan fingerprint density at radius 3 is 2.44 bits per heavy atom. The van der Waals surface area contributed by atoms with Gasteiger partial charge in [0.25, 0.3) is 0 Å². The molecule has 2 unspecified atom stereocenters. The van der Waals surface area contributed by atoms with Gasteiger partial charge in [-0.3, -0.25) is 0 Å². The largest absolute Gasteiger partial charge is 0.380 e. The Balaban J connectivity index is 2.18. The summed E-state index contributed by atoms with van der Waals surface area (Å²) in [5.41, 5.74) is 0.748. The topological polar surface area (TPSA) is 35.8 Å². The van der Waals surface area contributed by atoms with Gasteiger partial charge in [-0.15, -0.1) is 0 Å². The molecular weight excluding hydrogens is 291 g/mol. The van der Waals surface area contributed by atoms with Crippen molar-refractivity contribution in [2.45, 2.75) is 31.7 Å². The molecule has 1 N–H and O–H groups in total. The molecule has 18 heavy (non-hydrogen) atoms. The molecule has 1 aliphatic carbocycles. The molecule has 0 spiro atoms. The molecule has 0 radical (unpaired) electrons. The first-order chi connectivity index (χ1) is 8.61. The van der Waals surface area contributed by atoms with Gasteiger partial charge in [0.05, 0.1) is 32.7 Å². The van der Waals surface area contributed by atoms with E-state index < -0.39 is 0 Å². The van der Waals surface area contributed by atoms with Gasteiger partial charge in [-0.25, -0.2) is 0 Å². The summed E-state index contributed by atoms with van der Waals surface area (Å²) in [6.45, 7) is 0. The number of nitrogens with one attached hydrogen (secondary N) is 1. The van der Waals surface area contributed by atoms with Gasteiger partial charge in [0.15, 0.2) is 0 Å².